The number of nitrogens with zero attached hydrogens (tertiary/aromatic N) is 2. The lowest BCUT2D eigenvalue weighted by atomic mass is 10.1. The van der Waals surface area contributed by atoms with E-state index in [2.05, 4.69) is 15.6 Å². The van der Waals surface area contributed by atoms with Gasteiger partial charge in [-0.25, -0.2) is 0 Å². The predicted molar refractivity (Wildman–Crippen MR) is 109 cm³/mol. The zero-order valence-electron chi connectivity index (χ0n) is 16.5. The van der Waals surface area contributed by atoms with Crippen molar-refractivity contribution in [3.63, 3.8) is 0 Å². The third-order valence-electron chi connectivity index (χ3n) is 3.96. The maximum Gasteiger partial charge on any atom is 0.257 e. The highest BCUT2D eigenvalue weighted by molar-refractivity contribution is 6.06. The van der Waals surface area contributed by atoms with Gasteiger partial charge in [-0.2, -0.15) is 0 Å². The number of carbonyl (C=O) groups is 3. The fourth-order valence-electron chi connectivity index (χ4n) is 2.80. The van der Waals surface area contributed by atoms with E-state index in [9.17, 15) is 14.4 Å². The highest BCUT2D eigenvalue weighted by Gasteiger charge is 2.17. The molecule has 1 heterocycles. The molecule has 2 aromatic rings. The maximum absolute atomic E-state index is 12.7. The van der Waals surface area contributed by atoms with Crippen LogP contribution in [0.5, 0.6) is 0 Å². The van der Waals surface area contributed by atoms with Crippen LogP contribution in [0.4, 0.5) is 11.4 Å². The molecular weight excluding hydrogens is 356 g/mol. The van der Waals surface area contributed by atoms with Crippen molar-refractivity contribution >= 4 is 29.1 Å². The van der Waals surface area contributed by atoms with Crippen LogP contribution in [-0.4, -0.2) is 40.7 Å². The molecule has 0 saturated carbocycles. The van der Waals surface area contributed by atoms with E-state index in [0.717, 1.165) is 12.8 Å². The zero-order chi connectivity index (χ0) is 20.5. The second kappa shape index (κ2) is 10.2. The van der Waals surface area contributed by atoms with E-state index in [1.54, 1.807) is 35.2 Å². The van der Waals surface area contributed by atoms with Crippen molar-refractivity contribution in [1.29, 1.82) is 0 Å². The molecule has 2 rings (SSSR count). The van der Waals surface area contributed by atoms with Crippen LogP contribution in [0.1, 0.15) is 54.3 Å². The lowest BCUT2D eigenvalue weighted by Gasteiger charge is -2.21. The van der Waals surface area contributed by atoms with Crippen LogP contribution in [0, 0.1) is 0 Å². The van der Waals surface area contributed by atoms with Crippen LogP contribution in [-0.2, 0) is 4.79 Å². The van der Waals surface area contributed by atoms with Crippen molar-refractivity contribution in [2.24, 2.45) is 0 Å². The minimum absolute atomic E-state index is 0.126. The van der Waals surface area contributed by atoms with Gasteiger partial charge in [-0.05, 0) is 37.1 Å². The van der Waals surface area contributed by atoms with Crippen LogP contribution in [0.15, 0.2) is 42.7 Å². The second-order valence-corrected chi connectivity index (χ2v) is 6.47. The quantitative estimate of drug-likeness (QED) is 0.730. The van der Waals surface area contributed by atoms with Gasteiger partial charge in [0.2, 0.25) is 5.91 Å². The topological polar surface area (TPSA) is 91.4 Å². The standard InChI is InChI=1S/C21H26N4O3/c1-4-9-25(10-5-2)21(28)17-11-16(13-22-14-17)20(27)24-19-8-6-7-18(12-19)23-15(3)26/h6-8,11-14H,4-5,9-10H2,1-3H3,(H,23,26)(H,24,27). The molecule has 28 heavy (non-hydrogen) atoms. The summed E-state index contributed by atoms with van der Waals surface area (Å²) in [5.74, 6) is -0.694. The van der Waals surface area contributed by atoms with Gasteiger partial charge >= 0.3 is 0 Å². The van der Waals surface area contributed by atoms with E-state index in [4.69, 9.17) is 0 Å². The van der Waals surface area contributed by atoms with Gasteiger partial charge < -0.3 is 15.5 Å². The van der Waals surface area contributed by atoms with E-state index in [-0.39, 0.29) is 17.7 Å². The summed E-state index contributed by atoms with van der Waals surface area (Å²) in [5, 5.41) is 5.43. The summed E-state index contributed by atoms with van der Waals surface area (Å²) >= 11 is 0. The Hall–Kier alpha value is -3.22. The first kappa shape index (κ1) is 21.1. The number of hydrogen-bond donors (Lipinski definition) is 2. The molecule has 7 nitrogen and oxygen atoms in total. The number of carbonyl (C=O) groups excluding carboxylic acids is 3. The molecule has 0 aliphatic heterocycles. The summed E-state index contributed by atoms with van der Waals surface area (Å²) in [5.41, 5.74) is 1.80. The Morgan fingerprint density at radius 3 is 2.14 bits per heavy atom. The first-order valence-electron chi connectivity index (χ1n) is 9.38. The molecule has 0 saturated heterocycles. The Bertz CT molecular complexity index is 845. The van der Waals surface area contributed by atoms with Crippen molar-refractivity contribution in [3.05, 3.63) is 53.9 Å². The van der Waals surface area contributed by atoms with Gasteiger partial charge in [0.25, 0.3) is 11.8 Å². The van der Waals surface area contributed by atoms with Crippen molar-refractivity contribution in [2.45, 2.75) is 33.6 Å². The lowest BCUT2D eigenvalue weighted by molar-refractivity contribution is -0.114. The van der Waals surface area contributed by atoms with E-state index < -0.39 is 0 Å². The maximum atomic E-state index is 12.7. The van der Waals surface area contributed by atoms with E-state index in [0.29, 0.717) is 35.6 Å². The Kier molecular flexibility index (Phi) is 7.68. The summed E-state index contributed by atoms with van der Waals surface area (Å²) in [7, 11) is 0. The summed E-state index contributed by atoms with van der Waals surface area (Å²) in [6.07, 6.45) is 4.64. The number of pyridine rings is 1. The molecule has 1 aromatic carbocycles. The molecule has 0 unspecified atom stereocenters. The fraction of sp³-hybridized carbons (Fsp3) is 0.333. The van der Waals surface area contributed by atoms with Crippen LogP contribution in [0.25, 0.3) is 0 Å². The van der Waals surface area contributed by atoms with Crippen LogP contribution in [0.3, 0.4) is 0 Å². The fourth-order valence-corrected chi connectivity index (χ4v) is 2.80. The lowest BCUT2D eigenvalue weighted by Crippen LogP contribution is -2.32. The number of hydrogen-bond acceptors (Lipinski definition) is 4. The van der Waals surface area contributed by atoms with Crippen LogP contribution < -0.4 is 10.6 Å². The monoisotopic (exact) mass is 382 g/mol. The Morgan fingerprint density at radius 1 is 0.929 bits per heavy atom. The Balaban J connectivity index is 2.15. The average Bonchev–Trinajstić information content (AvgIpc) is 2.67. The summed E-state index contributed by atoms with van der Waals surface area (Å²) in [6.45, 7) is 6.79. The molecule has 0 atom stereocenters. The molecule has 0 fully saturated rings. The van der Waals surface area contributed by atoms with Crippen LogP contribution in [0.2, 0.25) is 0 Å². The zero-order valence-corrected chi connectivity index (χ0v) is 16.5. The van der Waals surface area contributed by atoms with Gasteiger partial charge in [-0.15, -0.1) is 0 Å². The number of rotatable bonds is 8. The minimum atomic E-state index is -0.375. The normalized spacial score (nSPS) is 10.2. The molecule has 148 valence electrons. The number of aromatic nitrogens is 1. The summed E-state index contributed by atoms with van der Waals surface area (Å²) in [4.78, 5) is 42.3. The number of nitrogens with one attached hydrogen (secondary N) is 2. The third-order valence-corrected chi connectivity index (χ3v) is 3.96. The van der Waals surface area contributed by atoms with Gasteiger partial charge in [-0.3, -0.25) is 19.4 Å². The smallest absolute Gasteiger partial charge is 0.257 e. The van der Waals surface area contributed by atoms with Gasteiger partial charge in [-0.1, -0.05) is 19.9 Å². The Labute approximate surface area is 165 Å². The highest BCUT2D eigenvalue weighted by Crippen LogP contribution is 2.16. The average molecular weight is 382 g/mol. The summed E-state index contributed by atoms with van der Waals surface area (Å²) in [6, 6.07) is 8.39. The molecule has 1 aromatic heterocycles. The largest absolute Gasteiger partial charge is 0.339 e. The van der Waals surface area contributed by atoms with E-state index in [1.165, 1.54) is 19.3 Å². The van der Waals surface area contributed by atoms with E-state index >= 15 is 0 Å². The van der Waals surface area contributed by atoms with Crippen LogP contribution >= 0.6 is 0 Å². The third kappa shape index (κ3) is 5.90. The Morgan fingerprint density at radius 2 is 1.54 bits per heavy atom. The molecule has 7 heteroatoms. The molecule has 3 amide bonds. The van der Waals surface area contributed by atoms with Crippen molar-refractivity contribution < 1.29 is 14.4 Å². The molecule has 0 aliphatic carbocycles. The van der Waals surface area contributed by atoms with Gasteiger partial charge in [0, 0.05) is 43.8 Å². The first-order chi connectivity index (χ1) is 13.4. The molecule has 0 spiro atoms. The van der Waals surface area contributed by atoms with Crippen molar-refractivity contribution in [2.75, 3.05) is 23.7 Å². The molecule has 2 N–H and O–H groups in total. The molecule has 0 radical (unpaired) electrons. The molecular formula is C21H26N4O3. The molecule has 0 bridgehead atoms. The van der Waals surface area contributed by atoms with Gasteiger partial charge in [0.1, 0.15) is 0 Å². The van der Waals surface area contributed by atoms with Crippen molar-refractivity contribution in [1.82, 2.24) is 9.88 Å². The van der Waals surface area contributed by atoms with E-state index in [1.807, 2.05) is 13.8 Å². The first-order valence-corrected chi connectivity index (χ1v) is 9.38. The molecule has 0 aliphatic rings. The number of amides is 3. The van der Waals surface area contributed by atoms with Gasteiger partial charge in [0.05, 0.1) is 11.1 Å². The van der Waals surface area contributed by atoms with Gasteiger partial charge in [0.15, 0.2) is 0 Å². The minimum Gasteiger partial charge on any atom is -0.339 e. The number of benzene rings is 1. The predicted octanol–water partition coefficient (Wildman–Crippen LogP) is 3.55. The SMILES string of the molecule is CCCN(CCC)C(=O)c1cncc(C(=O)Nc2cccc(NC(C)=O)c2)c1. The second-order valence-electron chi connectivity index (χ2n) is 6.47. The van der Waals surface area contributed by atoms with Crippen molar-refractivity contribution in [3.8, 4) is 0 Å². The summed E-state index contributed by atoms with van der Waals surface area (Å²) < 4.78 is 0. The number of anilines is 2. The highest BCUT2D eigenvalue weighted by atomic mass is 16.2.